The molecular weight excluding hydrogens is 151 g/mol. The van der Waals surface area contributed by atoms with E-state index in [1.807, 2.05) is 13.8 Å². The average molecular weight is 170 g/mol. The van der Waals surface area contributed by atoms with Gasteiger partial charge in [-0.3, -0.25) is 0 Å². The van der Waals surface area contributed by atoms with Crippen LogP contribution in [0.5, 0.6) is 0 Å². The molecule has 0 aromatic rings. The Morgan fingerprint density at radius 1 is 1.42 bits per heavy atom. The third-order valence-corrected chi connectivity index (χ3v) is 2.31. The van der Waals surface area contributed by atoms with Gasteiger partial charge in [-0.1, -0.05) is 26.0 Å². The van der Waals surface area contributed by atoms with Crippen molar-refractivity contribution < 1.29 is 4.39 Å². The zero-order valence-corrected chi connectivity index (χ0v) is 8.58. The minimum Gasteiger partial charge on any atom is -0.212 e. The van der Waals surface area contributed by atoms with Crippen molar-refractivity contribution in [2.24, 2.45) is 5.92 Å². The van der Waals surface area contributed by atoms with Gasteiger partial charge in [0.1, 0.15) is 0 Å². The van der Waals surface area contributed by atoms with Gasteiger partial charge in [-0.25, -0.2) is 4.39 Å². The molecule has 1 heteroatoms. The van der Waals surface area contributed by atoms with Gasteiger partial charge in [-0.05, 0) is 38.2 Å². The lowest BCUT2D eigenvalue weighted by Gasteiger charge is -2.12. The largest absolute Gasteiger partial charge is 0.212 e. The zero-order valence-electron chi connectivity index (χ0n) is 8.58. The van der Waals surface area contributed by atoms with E-state index in [1.54, 1.807) is 0 Å². The van der Waals surface area contributed by atoms with E-state index >= 15 is 0 Å². The van der Waals surface area contributed by atoms with E-state index in [2.05, 4.69) is 13.5 Å². The highest BCUT2D eigenvalue weighted by atomic mass is 19.1. The van der Waals surface area contributed by atoms with Crippen LogP contribution in [-0.4, -0.2) is 0 Å². The summed E-state index contributed by atoms with van der Waals surface area (Å²) in [6.45, 7) is 11.5. The van der Waals surface area contributed by atoms with Crippen molar-refractivity contribution >= 4 is 0 Å². The minimum atomic E-state index is -0.0226. The van der Waals surface area contributed by atoms with Gasteiger partial charge in [0.2, 0.25) is 0 Å². The predicted octanol–water partition coefficient (Wildman–Crippen LogP) is 4.24. The van der Waals surface area contributed by atoms with Gasteiger partial charge in [-0.15, -0.1) is 0 Å². The summed E-state index contributed by atoms with van der Waals surface area (Å²) in [6.07, 6.45) is 1.62. The molecule has 0 saturated heterocycles. The summed E-state index contributed by atoms with van der Waals surface area (Å²) in [6, 6.07) is 0. The van der Waals surface area contributed by atoms with E-state index in [9.17, 15) is 4.39 Å². The highest BCUT2D eigenvalue weighted by Gasteiger charge is 2.07. The molecule has 0 aromatic heterocycles. The molecule has 0 rings (SSSR count). The molecule has 0 saturated carbocycles. The normalized spacial score (nSPS) is 15.4. The molecule has 0 radical (unpaired) electrons. The quantitative estimate of drug-likeness (QED) is 0.553. The smallest absolute Gasteiger partial charge is 0.0960 e. The Labute approximate surface area is 75.2 Å². The third-order valence-electron chi connectivity index (χ3n) is 2.31. The Morgan fingerprint density at radius 3 is 2.17 bits per heavy atom. The number of rotatable bonds is 4. The van der Waals surface area contributed by atoms with Crippen LogP contribution in [-0.2, 0) is 0 Å². The molecule has 12 heavy (non-hydrogen) atoms. The van der Waals surface area contributed by atoms with Crippen LogP contribution < -0.4 is 0 Å². The van der Waals surface area contributed by atoms with E-state index in [1.165, 1.54) is 6.92 Å². The molecule has 1 atom stereocenters. The fourth-order valence-electron chi connectivity index (χ4n) is 1.07. The van der Waals surface area contributed by atoms with Crippen molar-refractivity contribution in [2.45, 2.75) is 40.5 Å². The number of hydrogen-bond donors (Lipinski definition) is 0. The Hall–Kier alpha value is -0.590. The third kappa shape index (κ3) is 3.70. The maximum atomic E-state index is 12.8. The Bertz CT molecular complexity index is 185. The molecule has 0 aliphatic carbocycles. The monoisotopic (exact) mass is 170 g/mol. The molecule has 0 amide bonds. The van der Waals surface area contributed by atoms with Gasteiger partial charge < -0.3 is 0 Å². The fourth-order valence-corrected chi connectivity index (χ4v) is 1.07. The molecule has 0 N–H and O–H groups in total. The number of hydrogen-bond acceptors (Lipinski definition) is 0. The first-order valence-electron chi connectivity index (χ1n) is 4.48. The molecule has 1 unspecified atom stereocenters. The fraction of sp³-hybridized carbons (Fsp3) is 0.636. The van der Waals surface area contributed by atoms with Crippen molar-refractivity contribution in [1.29, 1.82) is 0 Å². The second-order valence-corrected chi connectivity index (χ2v) is 3.44. The first-order chi connectivity index (χ1) is 5.49. The summed E-state index contributed by atoms with van der Waals surface area (Å²) in [5.41, 5.74) is 2.05. The molecule has 0 aliphatic heterocycles. The van der Waals surface area contributed by atoms with E-state index in [4.69, 9.17) is 0 Å². The first-order valence-corrected chi connectivity index (χ1v) is 4.48. The van der Waals surface area contributed by atoms with Crippen molar-refractivity contribution in [2.75, 3.05) is 0 Å². The summed E-state index contributed by atoms with van der Waals surface area (Å²) in [7, 11) is 0. The maximum Gasteiger partial charge on any atom is 0.0960 e. The van der Waals surface area contributed by atoms with Crippen LogP contribution in [0, 0.1) is 5.92 Å². The van der Waals surface area contributed by atoms with Crippen LogP contribution in [0.15, 0.2) is 23.6 Å². The van der Waals surface area contributed by atoms with Crippen LogP contribution in [0.2, 0.25) is 0 Å². The minimum absolute atomic E-state index is 0.0226. The predicted molar refractivity (Wildman–Crippen MR) is 52.7 cm³/mol. The van der Waals surface area contributed by atoms with Crippen molar-refractivity contribution in [3.8, 4) is 0 Å². The van der Waals surface area contributed by atoms with Crippen molar-refractivity contribution in [3.63, 3.8) is 0 Å². The molecular formula is C11H19F. The molecule has 70 valence electrons. The lowest BCUT2D eigenvalue weighted by molar-refractivity contribution is 0.581. The lowest BCUT2D eigenvalue weighted by Crippen LogP contribution is -1.98. The standard InChI is InChI=1S/C11H19F/c1-6-11(10(5)12)7-9(4)8(2)3/h9H,2,6-7H2,1,3-5H3/b11-10-. The Balaban J connectivity index is 4.23. The molecule has 0 aliphatic rings. The molecule has 0 fully saturated rings. The van der Waals surface area contributed by atoms with Crippen LogP contribution in [0.4, 0.5) is 4.39 Å². The Kier molecular flexibility index (Phi) is 4.87. The van der Waals surface area contributed by atoms with Crippen LogP contribution in [0.1, 0.15) is 40.5 Å². The average Bonchev–Trinajstić information content (AvgIpc) is 1.98. The van der Waals surface area contributed by atoms with Gasteiger partial charge in [0.25, 0.3) is 0 Å². The van der Waals surface area contributed by atoms with Crippen LogP contribution >= 0.6 is 0 Å². The highest BCUT2D eigenvalue weighted by molar-refractivity contribution is 5.10. The van der Waals surface area contributed by atoms with Gasteiger partial charge in [-0.2, -0.15) is 0 Å². The van der Waals surface area contributed by atoms with Gasteiger partial charge >= 0.3 is 0 Å². The zero-order chi connectivity index (χ0) is 9.72. The summed E-state index contributed by atoms with van der Waals surface area (Å²) in [5, 5.41) is 0. The van der Waals surface area contributed by atoms with Crippen molar-refractivity contribution in [3.05, 3.63) is 23.6 Å². The highest BCUT2D eigenvalue weighted by Crippen LogP contribution is 2.22. The van der Waals surface area contributed by atoms with E-state index in [-0.39, 0.29) is 5.83 Å². The Morgan fingerprint density at radius 2 is 1.92 bits per heavy atom. The topological polar surface area (TPSA) is 0 Å². The molecule has 0 heterocycles. The number of halogens is 1. The first kappa shape index (κ1) is 11.4. The molecule has 0 spiro atoms. The van der Waals surface area contributed by atoms with Crippen LogP contribution in [0.25, 0.3) is 0 Å². The lowest BCUT2D eigenvalue weighted by atomic mass is 9.94. The second-order valence-electron chi connectivity index (χ2n) is 3.44. The van der Waals surface area contributed by atoms with Crippen LogP contribution in [0.3, 0.4) is 0 Å². The summed E-state index contributed by atoms with van der Waals surface area (Å²) >= 11 is 0. The van der Waals surface area contributed by atoms with E-state index in [0.29, 0.717) is 5.92 Å². The van der Waals surface area contributed by atoms with Gasteiger partial charge in [0.05, 0.1) is 5.83 Å². The molecule has 0 nitrogen and oxygen atoms in total. The van der Waals surface area contributed by atoms with Gasteiger partial charge in [0, 0.05) is 0 Å². The van der Waals surface area contributed by atoms with E-state index in [0.717, 1.165) is 24.0 Å². The molecule has 0 bridgehead atoms. The molecule has 0 aromatic carbocycles. The van der Waals surface area contributed by atoms with E-state index < -0.39 is 0 Å². The van der Waals surface area contributed by atoms with Gasteiger partial charge in [0.15, 0.2) is 0 Å². The summed E-state index contributed by atoms with van der Waals surface area (Å²) in [4.78, 5) is 0. The summed E-state index contributed by atoms with van der Waals surface area (Å²) in [5.74, 6) is 0.372. The number of allylic oxidation sites excluding steroid dienone is 3. The van der Waals surface area contributed by atoms with Crippen molar-refractivity contribution in [1.82, 2.24) is 0 Å². The summed E-state index contributed by atoms with van der Waals surface area (Å²) < 4.78 is 12.8. The maximum absolute atomic E-state index is 12.8. The SMILES string of the molecule is C=C(C)C(C)C/C(CC)=C(/C)F. The second kappa shape index (κ2) is 5.13.